The molecule has 0 aliphatic heterocycles. The zero-order chi connectivity index (χ0) is 22.8. The van der Waals surface area contributed by atoms with Crippen molar-refractivity contribution in [2.45, 2.75) is 6.54 Å². The van der Waals surface area contributed by atoms with E-state index in [0.29, 0.717) is 23.4 Å². The second kappa shape index (κ2) is 8.40. The molecule has 8 nitrogen and oxygen atoms in total. The van der Waals surface area contributed by atoms with Gasteiger partial charge in [-0.2, -0.15) is 10.4 Å². The highest BCUT2D eigenvalue weighted by atomic mass is 16.2. The van der Waals surface area contributed by atoms with E-state index in [9.17, 15) is 4.79 Å². The lowest BCUT2D eigenvalue weighted by atomic mass is 10.2. The van der Waals surface area contributed by atoms with Crippen molar-refractivity contribution in [1.29, 1.82) is 5.26 Å². The SMILES string of the molecule is CN(C(=O)c1cn2c(-c3cnn(Cc4ccccc4)c3)cnc2cn1)c1ccc(C#N)cc1. The van der Waals surface area contributed by atoms with Crippen LogP contribution in [0.5, 0.6) is 0 Å². The summed E-state index contributed by atoms with van der Waals surface area (Å²) in [5.74, 6) is -0.263. The van der Waals surface area contributed by atoms with Crippen LogP contribution in [-0.4, -0.2) is 37.1 Å². The molecule has 5 rings (SSSR count). The third-order valence-corrected chi connectivity index (χ3v) is 5.42. The summed E-state index contributed by atoms with van der Waals surface area (Å²) in [6.07, 6.45) is 8.77. The molecule has 1 amide bonds. The zero-order valence-corrected chi connectivity index (χ0v) is 17.8. The van der Waals surface area contributed by atoms with Gasteiger partial charge in [-0.3, -0.25) is 13.9 Å². The van der Waals surface area contributed by atoms with Crippen LogP contribution in [0.2, 0.25) is 0 Å². The van der Waals surface area contributed by atoms with Crippen LogP contribution in [0.3, 0.4) is 0 Å². The second-order valence-corrected chi connectivity index (χ2v) is 7.58. The molecule has 0 saturated heterocycles. The first-order valence-corrected chi connectivity index (χ1v) is 10.3. The monoisotopic (exact) mass is 433 g/mol. The molecule has 0 bridgehead atoms. The van der Waals surface area contributed by atoms with Crippen molar-refractivity contribution in [1.82, 2.24) is 24.1 Å². The van der Waals surface area contributed by atoms with Gasteiger partial charge in [-0.05, 0) is 29.8 Å². The number of fused-ring (bicyclic) bond motifs is 1. The summed E-state index contributed by atoms with van der Waals surface area (Å²) < 4.78 is 3.71. The minimum Gasteiger partial charge on any atom is -0.310 e. The molecule has 160 valence electrons. The van der Waals surface area contributed by atoms with Crippen LogP contribution in [0.4, 0.5) is 5.69 Å². The summed E-state index contributed by atoms with van der Waals surface area (Å²) in [6.45, 7) is 0.665. The number of rotatable bonds is 5. The maximum Gasteiger partial charge on any atom is 0.278 e. The summed E-state index contributed by atoms with van der Waals surface area (Å²) in [5, 5.41) is 13.5. The van der Waals surface area contributed by atoms with Crippen molar-refractivity contribution >= 4 is 17.2 Å². The fraction of sp³-hybridized carbons (Fsp3) is 0.0800. The maximum atomic E-state index is 13.1. The van der Waals surface area contributed by atoms with Gasteiger partial charge < -0.3 is 4.90 Å². The molecule has 0 aliphatic rings. The van der Waals surface area contributed by atoms with Gasteiger partial charge in [0.25, 0.3) is 5.91 Å². The van der Waals surface area contributed by atoms with Crippen molar-refractivity contribution in [3.8, 4) is 17.3 Å². The topological polar surface area (TPSA) is 92.1 Å². The first-order valence-electron chi connectivity index (χ1n) is 10.3. The minimum atomic E-state index is -0.263. The highest BCUT2D eigenvalue weighted by molar-refractivity contribution is 6.04. The largest absolute Gasteiger partial charge is 0.310 e. The van der Waals surface area contributed by atoms with Gasteiger partial charge in [-0.25, -0.2) is 9.97 Å². The van der Waals surface area contributed by atoms with E-state index >= 15 is 0 Å². The first-order chi connectivity index (χ1) is 16.1. The van der Waals surface area contributed by atoms with Gasteiger partial charge in [0.1, 0.15) is 5.69 Å². The Morgan fingerprint density at radius 2 is 1.79 bits per heavy atom. The van der Waals surface area contributed by atoms with Gasteiger partial charge in [-0.15, -0.1) is 0 Å². The van der Waals surface area contributed by atoms with Gasteiger partial charge in [0.05, 0.1) is 42.5 Å². The molecule has 0 atom stereocenters. The molecule has 0 unspecified atom stereocenters. The lowest BCUT2D eigenvalue weighted by Crippen LogP contribution is -2.27. The third-order valence-electron chi connectivity index (χ3n) is 5.42. The van der Waals surface area contributed by atoms with Gasteiger partial charge in [0.2, 0.25) is 0 Å². The number of hydrogen-bond donors (Lipinski definition) is 0. The van der Waals surface area contributed by atoms with E-state index in [0.717, 1.165) is 16.8 Å². The summed E-state index contributed by atoms with van der Waals surface area (Å²) >= 11 is 0. The van der Waals surface area contributed by atoms with E-state index in [1.54, 1.807) is 56.1 Å². The van der Waals surface area contributed by atoms with Crippen molar-refractivity contribution in [2.75, 3.05) is 11.9 Å². The maximum absolute atomic E-state index is 13.1. The predicted octanol–water partition coefficient (Wildman–Crippen LogP) is 3.79. The standard InChI is InChI=1S/C25H19N7O/c1-30(21-9-7-18(11-26)8-10-21)25(33)22-17-32-23(13-28-24(32)14-27-22)20-12-29-31(16-20)15-19-5-3-2-4-6-19/h2-10,12-14,16-17H,15H2,1H3. The quantitative estimate of drug-likeness (QED) is 0.421. The van der Waals surface area contributed by atoms with Crippen molar-refractivity contribution < 1.29 is 4.79 Å². The number of imidazole rings is 1. The average Bonchev–Trinajstić information content (AvgIpc) is 3.50. The molecule has 3 heterocycles. The molecule has 33 heavy (non-hydrogen) atoms. The molecule has 0 N–H and O–H groups in total. The Morgan fingerprint density at radius 1 is 1.00 bits per heavy atom. The fourth-order valence-electron chi connectivity index (χ4n) is 3.61. The van der Waals surface area contributed by atoms with Gasteiger partial charge in [0, 0.05) is 30.7 Å². The molecule has 0 radical (unpaired) electrons. The number of aromatic nitrogens is 5. The predicted molar refractivity (Wildman–Crippen MR) is 124 cm³/mol. The van der Waals surface area contributed by atoms with E-state index in [-0.39, 0.29) is 11.6 Å². The number of anilines is 1. The Morgan fingerprint density at radius 3 is 2.55 bits per heavy atom. The van der Waals surface area contributed by atoms with E-state index in [2.05, 4.69) is 33.3 Å². The van der Waals surface area contributed by atoms with Crippen LogP contribution in [-0.2, 0) is 6.54 Å². The number of carbonyl (C=O) groups excluding carboxylic acids is 1. The van der Waals surface area contributed by atoms with Crippen LogP contribution >= 0.6 is 0 Å². The Labute approximate surface area is 190 Å². The molecule has 0 aliphatic carbocycles. The molecule has 0 spiro atoms. The van der Waals surface area contributed by atoms with Crippen molar-refractivity contribution in [2.24, 2.45) is 0 Å². The molecular formula is C25H19N7O. The highest BCUT2D eigenvalue weighted by Crippen LogP contribution is 2.22. The summed E-state index contributed by atoms with van der Waals surface area (Å²) in [6, 6.07) is 19.0. The minimum absolute atomic E-state index is 0.263. The number of carbonyl (C=O) groups is 1. The van der Waals surface area contributed by atoms with Gasteiger partial charge in [0.15, 0.2) is 5.65 Å². The number of nitriles is 1. The second-order valence-electron chi connectivity index (χ2n) is 7.58. The number of amides is 1. The molecule has 2 aromatic carbocycles. The van der Waals surface area contributed by atoms with Crippen LogP contribution < -0.4 is 4.90 Å². The summed E-state index contributed by atoms with van der Waals surface area (Å²) in [7, 11) is 1.68. The van der Waals surface area contributed by atoms with Crippen LogP contribution in [0.15, 0.2) is 85.6 Å². The van der Waals surface area contributed by atoms with Crippen LogP contribution in [0.25, 0.3) is 16.9 Å². The molecule has 0 saturated carbocycles. The number of benzene rings is 2. The average molecular weight is 433 g/mol. The van der Waals surface area contributed by atoms with Crippen molar-refractivity contribution in [3.63, 3.8) is 0 Å². The van der Waals surface area contributed by atoms with Gasteiger partial charge >= 0.3 is 0 Å². The fourth-order valence-corrected chi connectivity index (χ4v) is 3.61. The Kier molecular flexibility index (Phi) is 5.13. The Balaban J connectivity index is 1.43. The summed E-state index contributed by atoms with van der Waals surface area (Å²) in [4.78, 5) is 23.3. The third kappa shape index (κ3) is 3.95. The van der Waals surface area contributed by atoms with Gasteiger partial charge in [-0.1, -0.05) is 30.3 Å². The van der Waals surface area contributed by atoms with Crippen molar-refractivity contribution in [3.05, 3.63) is 102 Å². The smallest absolute Gasteiger partial charge is 0.278 e. The summed E-state index contributed by atoms with van der Waals surface area (Å²) in [5.41, 5.74) is 5.01. The van der Waals surface area contributed by atoms with E-state index in [1.165, 1.54) is 4.90 Å². The highest BCUT2D eigenvalue weighted by Gasteiger charge is 2.17. The normalized spacial score (nSPS) is 10.8. The van der Waals surface area contributed by atoms with E-state index in [4.69, 9.17) is 5.26 Å². The Bertz CT molecular complexity index is 1480. The number of hydrogen-bond acceptors (Lipinski definition) is 5. The lowest BCUT2D eigenvalue weighted by molar-refractivity contribution is 0.0988. The zero-order valence-electron chi connectivity index (χ0n) is 17.8. The first kappa shape index (κ1) is 20.2. The Hall–Kier alpha value is -4.77. The van der Waals surface area contributed by atoms with Crippen LogP contribution in [0.1, 0.15) is 21.6 Å². The molecular weight excluding hydrogens is 414 g/mol. The molecule has 3 aromatic heterocycles. The number of nitrogens with zero attached hydrogens (tertiary/aromatic N) is 7. The molecule has 8 heteroatoms. The molecule has 5 aromatic rings. The lowest BCUT2D eigenvalue weighted by Gasteiger charge is -2.17. The van der Waals surface area contributed by atoms with E-state index < -0.39 is 0 Å². The van der Waals surface area contributed by atoms with Crippen LogP contribution in [0, 0.1) is 11.3 Å². The molecule has 0 fully saturated rings. The van der Waals surface area contributed by atoms with E-state index in [1.807, 2.05) is 33.5 Å².